The highest BCUT2D eigenvalue weighted by molar-refractivity contribution is 5.27. The third-order valence-corrected chi connectivity index (χ3v) is 2.93. The maximum Gasteiger partial charge on any atom is 0.183 e. The first-order valence-electron chi connectivity index (χ1n) is 5.70. The zero-order valence-electron chi connectivity index (χ0n) is 9.81. The van der Waals surface area contributed by atoms with Crippen LogP contribution in [0.2, 0.25) is 0 Å². The van der Waals surface area contributed by atoms with Gasteiger partial charge in [-0.2, -0.15) is 0 Å². The van der Waals surface area contributed by atoms with E-state index in [1.54, 1.807) is 7.11 Å². The summed E-state index contributed by atoms with van der Waals surface area (Å²) in [6.07, 6.45) is 0.892. The summed E-state index contributed by atoms with van der Waals surface area (Å²) in [5.41, 5.74) is 1.05. The molecule has 1 fully saturated rings. The van der Waals surface area contributed by atoms with Crippen LogP contribution in [0, 0.1) is 5.92 Å². The molecule has 0 amide bonds. The summed E-state index contributed by atoms with van der Waals surface area (Å²) < 4.78 is 16.5. The van der Waals surface area contributed by atoms with Crippen LogP contribution >= 0.6 is 0 Å². The number of hydrogen-bond donors (Lipinski definition) is 0. The molecule has 0 aliphatic carbocycles. The van der Waals surface area contributed by atoms with Gasteiger partial charge < -0.3 is 14.2 Å². The quantitative estimate of drug-likeness (QED) is 0.787. The number of methoxy groups -OCH3 is 1. The van der Waals surface area contributed by atoms with Gasteiger partial charge in [0, 0.05) is 11.5 Å². The van der Waals surface area contributed by atoms with E-state index in [0.717, 1.165) is 30.9 Å². The van der Waals surface area contributed by atoms with Crippen LogP contribution in [0.25, 0.3) is 0 Å². The molecule has 2 rings (SSSR count). The highest BCUT2D eigenvalue weighted by Gasteiger charge is 2.22. The van der Waals surface area contributed by atoms with Gasteiger partial charge in [0.25, 0.3) is 0 Å². The smallest absolute Gasteiger partial charge is 0.183 e. The zero-order chi connectivity index (χ0) is 11.4. The van der Waals surface area contributed by atoms with Crippen molar-refractivity contribution in [3.8, 4) is 5.75 Å². The topological polar surface area (TPSA) is 27.7 Å². The molecule has 0 bridgehead atoms. The molecule has 0 N–H and O–H groups in total. The highest BCUT2D eigenvalue weighted by Crippen LogP contribution is 2.27. The Balaban J connectivity index is 1.97. The van der Waals surface area contributed by atoms with Gasteiger partial charge in [-0.05, 0) is 18.6 Å². The van der Waals surface area contributed by atoms with Crippen LogP contribution in [0.5, 0.6) is 5.75 Å². The summed E-state index contributed by atoms with van der Waals surface area (Å²) in [4.78, 5) is 0. The van der Waals surface area contributed by atoms with Crippen molar-refractivity contribution < 1.29 is 14.2 Å². The van der Waals surface area contributed by atoms with Crippen LogP contribution in [0.15, 0.2) is 24.3 Å². The Kier molecular flexibility index (Phi) is 3.80. The van der Waals surface area contributed by atoms with Crippen LogP contribution in [0.4, 0.5) is 0 Å². The second-order valence-corrected chi connectivity index (χ2v) is 4.05. The van der Waals surface area contributed by atoms with Crippen molar-refractivity contribution in [1.29, 1.82) is 0 Å². The summed E-state index contributed by atoms with van der Waals surface area (Å²) >= 11 is 0. The van der Waals surface area contributed by atoms with E-state index in [-0.39, 0.29) is 6.29 Å². The van der Waals surface area contributed by atoms with Gasteiger partial charge in [0.1, 0.15) is 5.75 Å². The van der Waals surface area contributed by atoms with E-state index in [1.165, 1.54) is 0 Å². The Bertz CT molecular complexity index is 312. The van der Waals surface area contributed by atoms with Crippen molar-refractivity contribution in [3.63, 3.8) is 0 Å². The predicted octanol–water partition coefficient (Wildman–Crippen LogP) is 2.77. The Morgan fingerprint density at radius 2 is 1.81 bits per heavy atom. The second-order valence-electron chi connectivity index (χ2n) is 4.05. The molecule has 0 aromatic heterocycles. The maximum absolute atomic E-state index is 5.68. The van der Waals surface area contributed by atoms with Gasteiger partial charge in [0.15, 0.2) is 6.29 Å². The van der Waals surface area contributed by atoms with E-state index in [9.17, 15) is 0 Å². The zero-order valence-corrected chi connectivity index (χ0v) is 9.81. The number of rotatable bonds is 3. The minimum Gasteiger partial charge on any atom is -0.497 e. The lowest BCUT2D eigenvalue weighted by molar-refractivity contribution is -0.205. The standard InChI is InChI=1S/C13H18O3/c1-3-10-8-15-13(16-9-10)11-4-6-12(14-2)7-5-11/h4-7,10,13H,3,8-9H2,1-2H3. The van der Waals surface area contributed by atoms with Gasteiger partial charge in [-0.25, -0.2) is 0 Å². The van der Waals surface area contributed by atoms with Crippen molar-refractivity contribution in [2.75, 3.05) is 20.3 Å². The molecule has 1 saturated heterocycles. The van der Waals surface area contributed by atoms with E-state index in [2.05, 4.69) is 6.92 Å². The second kappa shape index (κ2) is 5.32. The van der Waals surface area contributed by atoms with Crippen molar-refractivity contribution in [2.24, 2.45) is 5.92 Å². The Morgan fingerprint density at radius 1 is 1.19 bits per heavy atom. The fraction of sp³-hybridized carbons (Fsp3) is 0.538. The first-order valence-corrected chi connectivity index (χ1v) is 5.70. The summed E-state index contributed by atoms with van der Waals surface area (Å²) in [5, 5.41) is 0. The molecule has 0 radical (unpaired) electrons. The number of ether oxygens (including phenoxy) is 3. The van der Waals surface area contributed by atoms with Gasteiger partial charge in [0.05, 0.1) is 20.3 Å². The van der Waals surface area contributed by atoms with Crippen LogP contribution in [0.1, 0.15) is 25.2 Å². The average molecular weight is 222 g/mol. The molecule has 16 heavy (non-hydrogen) atoms. The molecule has 0 atom stereocenters. The van der Waals surface area contributed by atoms with Crippen LogP contribution in [-0.2, 0) is 9.47 Å². The fourth-order valence-electron chi connectivity index (χ4n) is 1.73. The molecule has 1 aliphatic heterocycles. The largest absolute Gasteiger partial charge is 0.497 e. The molecule has 1 aromatic rings. The summed E-state index contributed by atoms with van der Waals surface area (Å²) in [5.74, 6) is 1.39. The summed E-state index contributed by atoms with van der Waals surface area (Å²) in [6, 6.07) is 7.81. The average Bonchev–Trinajstić information content (AvgIpc) is 2.39. The van der Waals surface area contributed by atoms with Crippen LogP contribution < -0.4 is 4.74 Å². The van der Waals surface area contributed by atoms with E-state index >= 15 is 0 Å². The predicted molar refractivity (Wildman–Crippen MR) is 61.4 cm³/mol. The lowest BCUT2D eigenvalue weighted by Crippen LogP contribution is -2.26. The molecule has 3 heteroatoms. The van der Waals surface area contributed by atoms with Crippen molar-refractivity contribution in [1.82, 2.24) is 0 Å². The minimum atomic E-state index is -0.214. The van der Waals surface area contributed by atoms with Gasteiger partial charge in [-0.1, -0.05) is 19.1 Å². The number of benzene rings is 1. The molecular formula is C13H18O3. The normalized spacial score (nSPS) is 25.4. The molecule has 88 valence electrons. The molecule has 1 aromatic carbocycles. The molecule has 1 aliphatic rings. The molecular weight excluding hydrogens is 204 g/mol. The lowest BCUT2D eigenvalue weighted by Gasteiger charge is -2.29. The summed E-state index contributed by atoms with van der Waals surface area (Å²) in [7, 11) is 1.66. The fourth-order valence-corrected chi connectivity index (χ4v) is 1.73. The Morgan fingerprint density at radius 3 is 2.31 bits per heavy atom. The Hall–Kier alpha value is -1.06. The first kappa shape index (κ1) is 11.4. The Labute approximate surface area is 96.3 Å². The van der Waals surface area contributed by atoms with E-state index in [1.807, 2.05) is 24.3 Å². The van der Waals surface area contributed by atoms with Gasteiger partial charge >= 0.3 is 0 Å². The SMILES string of the molecule is CCC1COC(c2ccc(OC)cc2)OC1. The van der Waals surface area contributed by atoms with Gasteiger partial charge in [-0.15, -0.1) is 0 Å². The maximum atomic E-state index is 5.68. The van der Waals surface area contributed by atoms with Crippen molar-refractivity contribution >= 4 is 0 Å². The molecule has 3 nitrogen and oxygen atoms in total. The highest BCUT2D eigenvalue weighted by atomic mass is 16.7. The van der Waals surface area contributed by atoms with E-state index < -0.39 is 0 Å². The summed E-state index contributed by atoms with van der Waals surface area (Å²) in [6.45, 7) is 3.73. The van der Waals surface area contributed by atoms with Crippen LogP contribution in [0.3, 0.4) is 0 Å². The third kappa shape index (κ3) is 2.54. The van der Waals surface area contributed by atoms with E-state index in [4.69, 9.17) is 14.2 Å². The monoisotopic (exact) mass is 222 g/mol. The molecule has 0 unspecified atom stereocenters. The third-order valence-electron chi connectivity index (χ3n) is 2.93. The molecule has 0 saturated carbocycles. The van der Waals surface area contributed by atoms with Gasteiger partial charge in [0.2, 0.25) is 0 Å². The number of hydrogen-bond acceptors (Lipinski definition) is 3. The lowest BCUT2D eigenvalue weighted by atomic mass is 10.1. The van der Waals surface area contributed by atoms with Crippen LogP contribution in [-0.4, -0.2) is 20.3 Å². The molecule has 0 spiro atoms. The first-order chi connectivity index (χ1) is 7.83. The molecule has 1 heterocycles. The van der Waals surface area contributed by atoms with Crippen molar-refractivity contribution in [3.05, 3.63) is 29.8 Å². The minimum absolute atomic E-state index is 0.214. The van der Waals surface area contributed by atoms with Crippen molar-refractivity contribution in [2.45, 2.75) is 19.6 Å². The van der Waals surface area contributed by atoms with E-state index in [0.29, 0.717) is 5.92 Å². The van der Waals surface area contributed by atoms with Gasteiger partial charge in [-0.3, -0.25) is 0 Å².